The number of benzene rings is 2. The molecule has 0 aliphatic heterocycles. The molecule has 0 bridgehead atoms. The summed E-state index contributed by atoms with van der Waals surface area (Å²) in [4.78, 5) is 0. The molecule has 1 aromatic heterocycles. The van der Waals surface area contributed by atoms with Crippen LogP contribution >= 0.6 is 0 Å². The monoisotopic (exact) mass is 291 g/mol. The van der Waals surface area contributed by atoms with Gasteiger partial charge in [0.05, 0.1) is 12.2 Å². The summed E-state index contributed by atoms with van der Waals surface area (Å²) in [6.07, 6.45) is 3.22. The summed E-state index contributed by atoms with van der Waals surface area (Å²) in [6, 6.07) is 18.0. The SMILES string of the molecule is O[C@H]1c2ccccc2CC[C@H]1n1cc(-c2ccccc2)nn1. The molecule has 1 heterocycles. The third-order valence-electron chi connectivity index (χ3n) is 4.37. The highest BCUT2D eigenvalue weighted by molar-refractivity contribution is 5.57. The van der Waals surface area contributed by atoms with E-state index in [9.17, 15) is 5.11 Å². The number of aliphatic hydroxyl groups is 1. The van der Waals surface area contributed by atoms with E-state index in [-0.39, 0.29) is 6.04 Å². The molecule has 0 unspecified atom stereocenters. The van der Waals surface area contributed by atoms with Crippen LogP contribution in [-0.4, -0.2) is 20.1 Å². The van der Waals surface area contributed by atoms with Gasteiger partial charge in [0, 0.05) is 5.56 Å². The molecule has 0 radical (unpaired) electrons. The van der Waals surface area contributed by atoms with Crippen molar-refractivity contribution in [1.29, 1.82) is 0 Å². The van der Waals surface area contributed by atoms with E-state index in [1.165, 1.54) is 5.56 Å². The minimum atomic E-state index is -0.532. The molecule has 1 aliphatic carbocycles. The maximum absolute atomic E-state index is 10.7. The number of fused-ring (bicyclic) bond motifs is 1. The minimum absolute atomic E-state index is 0.0557. The van der Waals surface area contributed by atoms with Gasteiger partial charge in [0.2, 0.25) is 0 Å². The van der Waals surface area contributed by atoms with Gasteiger partial charge >= 0.3 is 0 Å². The molecule has 22 heavy (non-hydrogen) atoms. The number of rotatable bonds is 2. The molecule has 4 rings (SSSR count). The standard InChI is InChI=1S/C18H17N3O/c22-18-15-9-5-4-6-13(15)10-11-17(18)21-12-16(19-20-21)14-7-2-1-3-8-14/h1-9,12,17-18,22H,10-11H2/t17-,18+/m1/s1. The van der Waals surface area contributed by atoms with Gasteiger partial charge < -0.3 is 5.11 Å². The Morgan fingerprint density at radius 2 is 1.77 bits per heavy atom. The minimum Gasteiger partial charge on any atom is -0.386 e. The first-order valence-corrected chi connectivity index (χ1v) is 7.56. The fourth-order valence-corrected chi connectivity index (χ4v) is 3.18. The molecule has 0 spiro atoms. The van der Waals surface area contributed by atoms with E-state index in [0.29, 0.717) is 0 Å². The fourth-order valence-electron chi connectivity index (χ4n) is 3.18. The van der Waals surface area contributed by atoms with Gasteiger partial charge in [0.15, 0.2) is 0 Å². The summed E-state index contributed by atoms with van der Waals surface area (Å²) in [6.45, 7) is 0. The van der Waals surface area contributed by atoms with Crippen LogP contribution in [0.2, 0.25) is 0 Å². The Balaban J connectivity index is 1.65. The molecule has 1 aliphatic rings. The fraction of sp³-hybridized carbons (Fsp3) is 0.222. The first kappa shape index (κ1) is 13.2. The molecular formula is C18H17N3O. The van der Waals surface area contributed by atoms with Crippen molar-refractivity contribution in [2.75, 3.05) is 0 Å². The van der Waals surface area contributed by atoms with Crippen LogP contribution in [0.3, 0.4) is 0 Å². The number of aryl methyl sites for hydroxylation is 1. The normalized spacial score (nSPS) is 20.6. The van der Waals surface area contributed by atoms with Crippen LogP contribution in [0.5, 0.6) is 0 Å². The lowest BCUT2D eigenvalue weighted by molar-refractivity contribution is 0.0911. The number of hydrogen-bond acceptors (Lipinski definition) is 3. The van der Waals surface area contributed by atoms with E-state index in [0.717, 1.165) is 29.7 Å². The average molecular weight is 291 g/mol. The van der Waals surface area contributed by atoms with E-state index < -0.39 is 6.10 Å². The quantitative estimate of drug-likeness (QED) is 0.789. The van der Waals surface area contributed by atoms with Crippen LogP contribution in [0.15, 0.2) is 60.8 Å². The van der Waals surface area contributed by atoms with Crippen LogP contribution in [0.25, 0.3) is 11.3 Å². The van der Waals surface area contributed by atoms with Crippen molar-refractivity contribution in [3.8, 4) is 11.3 Å². The first-order valence-electron chi connectivity index (χ1n) is 7.56. The van der Waals surface area contributed by atoms with Crippen LogP contribution in [0.4, 0.5) is 0 Å². The van der Waals surface area contributed by atoms with E-state index in [4.69, 9.17) is 0 Å². The zero-order chi connectivity index (χ0) is 14.9. The number of hydrogen-bond donors (Lipinski definition) is 1. The molecule has 0 fully saturated rings. The second-order valence-electron chi connectivity index (χ2n) is 5.70. The lowest BCUT2D eigenvalue weighted by Crippen LogP contribution is -2.24. The zero-order valence-corrected chi connectivity index (χ0v) is 12.1. The molecule has 2 atom stereocenters. The highest BCUT2D eigenvalue weighted by atomic mass is 16.3. The Morgan fingerprint density at radius 1 is 1.00 bits per heavy atom. The maximum atomic E-state index is 10.7. The molecular weight excluding hydrogens is 274 g/mol. The molecule has 0 saturated carbocycles. The van der Waals surface area contributed by atoms with Crippen molar-refractivity contribution in [2.45, 2.75) is 25.0 Å². The molecule has 110 valence electrons. The summed E-state index contributed by atoms with van der Waals surface area (Å²) in [5, 5.41) is 19.2. The van der Waals surface area contributed by atoms with Crippen molar-refractivity contribution in [3.63, 3.8) is 0 Å². The third-order valence-corrected chi connectivity index (χ3v) is 4.37. The van der Waals surface area contributed by atoms with Crippen LogP contribution < -0.4 is 0 Å². The number of nitrogens with zero attached hydrogens (tertiary/aromatic N) is 3. The van der Waals surface area contributed by atoms with Crippen molar-refractivity contribution in [3.05, 3.63) is 71.9 Å². The highest BCUT2D eigenvalue weighted by Gasteiger charge is 2.29. The molecule has 4 nitrogen and oxygen atoms in total. The van der Waals surface area contributed by atoms with E-state index in [1.54, 1.807) is 0 Å². The molecule has 4 heteroatoms. The van der Waals surface area contributed by atoms with Gasteiger partial charge in [-0.05, 0) is 24.0 Å². The lowest BCUT2D eigenvalue weighted by atomic mass is 9.86. The van der Waals surface area contributed by atoms with E-state index in [1.807, 2.05) is 59.4 Å². The zero-order valence-electron chi connectivity index (χ0n) is 12.1. The van der Waals surface area contributed by atoms with E-state index in [2.05, 4.69) is 16.4 Å². The summed E-state index contributed by atoms with van der Waals surface area (Å²) in [7, 11) is 0. The van der Waals surface area contributed by atoms with Gasteiger partial charge in [-0.25, -0.2) is 4.68 Å². The summed E-state index contributed by atoms with van der Waals surface area (Å²) < 4.78 is 1.81. The molecule has 2 aromatic carbocycles. The third kappa shape index (κ3) is 2.22. The smallest absolute Gasteiger partial charge is 0.113 e. The molecule has 1 N–H and O–H groups in total. The Labute approximate surface area is 129 Å². The van der Waals surface area contributed by atoms with Gasteiger partial charge in [-0.2, -0.15) is 0 Å². The van der Waals surface area contributed by atoms with Gasteiger partial charge in [-0.3, -0.25) is 0 Å². The Morgan fingerprint density at radius 3 is 2.64 bits per heavy atom. The highest BCUT2D eigenvalue weighted by Crippen LogP contribution is 2.37. The van der Waals surface area contributed by atoms with Gasteiger partial charge in [0.1, 0.15) is 11.8 Å². The Bertz CT molecular complexity index is 782. The van der Waals surface area contributed by atoms with Crippen molar-refractivity contribution < 1.29 is 5.11 Å². The molecule has 0 amide bonds. The second-order valence-corrected chi connectivity index (χ2v) is 5.70. The first-order chi connectivity index (χ1) is 10.8. The van der Waals surface area contributed by atoms with Crippen molar-refractivity contribution in [1.82, 2.24) is 15.0 Å². The lowest BCUT2D eigenvalue weighted by Gasteiger charge is -2.29. The van der Waals surface area contributed by atoms with Gasteiger partial charge in [-0.15, -0.1) is 5.10 Å². The van der Waals surface area contributed by atoms with Crippen LogP contribution in [0.1, 0.15) is 29.7 Å². The predicted molar refractivity (Wildman–Crippen MR) is 84.2 cm³/mol. The van der Waals surface area contributed by atoms with Crippen molar-refractivity contribution >= 4 is 0 Å². The summed E-state index contributed by atoms with van der Waals surface area (Å²) in [5.74, 6) is 0. The van der Waals surface area contributed by atoms with Crippen LogP contribution in [-0.2, 0) is 6.42 Å². The number of aromatic nitrogens is 3. The predicted octanol–water partition coefficient (Wildman–Crippen LogP) is 3.17. The second kappa shape index (κ2) is 5.39. The Kier molecular flexibility index (Phi) is 3.24. The van der Waals surface area contributed by atoms with Gasteiger partial charge in [-0.1, -0.05) is 59.8 Å². The van der Waals surface area contributed by atoms with Gasteiger partial charge in [0.25, 0.3) is 0 Å². The molecule has 3 aromatic rings. The topological polar surface area (TPSA) is 50.9 Å². The van der Waals surface area contributed by atoms with Crippen molar-refractivity contribution in [2.24, 2.45) is 0 Å². The maximum Gasteiger partial charge on any atom is 0.113 e. The summed E-state index contributed by atoms with van der Waals surface area (Å²) in [5.41, 5.74) is 4.12. The Hall–Kier alpha value is -2.46. The molecule has 0 saturated heterocycles. The average Bonchev–Trinajstić information content (AvgIpc) is 3.06. The van der Waals surface area contributed by atoms with Crippen LogP contribution in [0, 0.1) is 0 Å². The largest absolute Gasteiger partial charge is 0.386 e. The number of aliphatic hydroxyl groups excluding tert-OH is 1. The summed E-state index contributed by atoms with van der Waals surface area (Å²) >= 11 is 0. The van der Waals surface area contributed by atoms with E-state index >= 15 is 0 Å².